The minimum absolute atomic E-state index is 0.0359. The van der Waals surface area contributed by atoms with Crippen molar-refractivity contribution in [2.24, 2.45) is 5.92 Å². The van der Waals surface area contributed by atoms with Gasteiger partial charge in [-0.05, 0) is 66.3 Å². The fourth-order valence-electron chi connectivity index (χ4n) is 2.96. The summed E-state index contributed by atoms with van der Waals surface area (Å²) in [6, 6.07) is 6.68. The number of rotatable bonds is 6. The van der Waals surface area contributed by atoms with E-state index >= 15 is 0 Å². The zero-order chi connectivity index (χ0) is 19.9. The summed E-state index contributed by atoms with van der Waals surface area (Å²) < 4.78 is 5.53. The predicted molar refractivity (Wildman–Crippen MR) is 110 cm³/mol. The SMILES string of the molecule is O=C(NCCC1CCNCC1)Oc1n[nH]c(NC(=O)c2ccccc2Cl)c1Br. The van der Waals surface area contributed by atoms with E-state index in [2.05, 4.69) is 42.1 Å². The first-order valence-corrected chi connectivity index (χ1v) is 10.2. The van der Waals surface area contributed by atoms with Crippen molar-refractivity contribution in [1.82, 2.24) is 20.8 Å². The number of piperidine rings is 1. The number of anilines is 1. The highest BCUT2D eigenvalue weighted by Gasteiger charge is 2.19. The second kappa shape index (κ2) is 9.90. The maximum Gasteiger partial charge on any atom is 0.414 e. The lowest BCUT2D eigenvalue weighted by atomic mass is 9.95. The minimum atomic E-state index is -0.592. The molecule has 4 N–H and O–H groups in total. The van der Waals surface area contributed by atoms with Crippen LogP contribution < -0.4 is 20.7 Å². The van der Waals surface area contributed by atoms with Crippen LogP contribution in [0.4, 0.5) is 10.6 Å². The van der Waals surface area contributed by atoms with Crippen LogP contribution in [0.15, 0.2) is 28.7 Å². The molecule has 0 radical (unpaired) electrons. The molecule has 0 saturated carbocycles. The molecular formula is C18H21BrClN5O3. The van der Waals surface area contributed by atoms with Gasteiger partial charge in [-0.1, -0.05) is 23.7 Å². The molecule has 0 unspecified atom stereocenters. The standard InChI is InChI=1S/C18H21BrClN5O3/c19-14-15(23-16(26)12-3-1-2-4-13(12)20)24-25-17(14)28-18(27)22-10-7-11-5-8-21-9-6-11/h1-4,11,21H,5-10H2,(H,22,27)(H2,23,24,25,26). The van der Waals surface area contributed by atoms with Gasteiger partial charge in [0.2, 0.25) is 0 Å². The Hall–Kier alpha value is -2.10. The molecule has 1 saturated heterocycles. The molecule has 2 aromatic rings. The van der Waals surface area contributed by atoms with Crippen LogP contribution in [0.2, 0.25) is 5.02 Å². The molecule has 2 heterocycles. The van der Waals surface area contributed by atoms with Gasteiger partial charge in [0.1, 0.15) is 10.3 Å². The van der Waals surface area contributed by atoms with Crippen LogP contribution in [0.1, 0.15) is 29.6 Å². The molecule has 1 aliphatic heterocycles. The average molecular weight is 471 g/mol. The molecular weight excluding hydrogens is 450 g/mol. The molecule has 1 fully saturated rings. The highest BCUT2D eigenvalue weighted by molar-refractivity contribution is 9.10. The van der Waals surface area contributed by atoms with E-state index in [0.29, 0.717) is 27.5 Å². The van der Waals surface area contributed by atoms with E-state index < -0.39 is 12.0 Å². The van der Waals surface area contributed by atoms with Gasteiger partial charge in [0, 0.05) is 6.54 Å². The Labute approximate surface area is 175 Å². The predicted octanol–water partition coefficient (Wildman–Crippen LogP) is 3.56. The molecule has 10 heteroatoms. The maximum absolute atomic E-state index is 12.3. The molecule has 1 aliphatic rings. The van der Waals surface area contributed by atoms with Crippen LogP contribution >= 0.6 is 27.5 Å². The van der Waals surface area contributed by atoms with E-state index in [9.17, 15) is 9.59 Å². The topological polar surface area (TPSA) is 108 Å². The van der Waals surface area contributed by atoms with Crippen molar-refractivity contribution in [3.05, 3.63) is 39.3 Å². The van der Waals surface area contributed by atoms with Crippen molar-refractivity contribution in [2.75, 3.05) is 25.0 Å². The zero-order valence-corrected chi connectivity index (χ0v) is 17.4. The number of hydrogen-bond acceptors (Lipinski definition) is 5. The van der Waals surface area contributed by atoms with Crippen molar-refractivity contribution in [3.8, 4) is 5.88 Å². The molecule has 3 rings (SSSR count). The van der Waals surface area contributed by atoms with Crippen molar-refractivity contribution >= 4 is 45.3 Å². The lowest BCUT2D eigenvalue weighted by molar-refractivity contribution is 0.102. The first-order valence-electron chi connectivity index (χ1n) is 9.00. The Morgan fingerprint density at radius 1 is 1.29 bits per heavy atom. The Bertz CT molecular complexity index is 838. The lowest BCUT2D eigenvalue weighted by Gasteiger charge is -2.22. The highest BCUT2D eigenvalue weighted by atomic mass is 79.9. The van der Waals surface area contributed by atoms with Gasteiger partial charge in [-0.3, -0.25) is 9.89 Å². The van der Waals surface area contributed by atoms with Gasteiger partial charge in [-0.2, -0.15) is 0 Å². The fraction of sp³-hybridized carbons (Fsp3) is 0.389. The van der Waals surface area contributed by atoms with Crippen molar-refractivity contribution < 1.29 is 14.3 Å². The summed E-state index contributed by atoms with van der Waals surface area (Å²) in [5, 5.41) is 15.6. The van der Waals surface area contributed by atoms with Crippen molar-refractivity contribution in [2.45, 2.75) is 19.3 Å². The summed E-state index contributed by atoms with van der Waals surface area (Å²) in [7, 11) is 0. The minimum Gasteiger partial charge on any atom is -0.388 e. The smallest absolute Gasteiger partial charge is 0.388 e. The molecule has 1 aromatic heterocycles. The molecule has 1 aromatic carbocycles. The van der Waals surface area contributed by atoms with Gasteiger partial charge in [0.25, 0.3) is 11.8 Å². The molecule has 8 nitrogen and oxygen atoms in total. The lowest BCUT2D eigenvalue weighted by Crippen LogP contribution is -2.32. The van der Waals surface area contributed by atoms with Gasteiger partial charge in [0.15, 0.2) is 0 Å². The maximum atomic E-state index is 12.3. The second-order valence-corrected chi connectivity index (χ2v) is 7.65. The van der Waals surface area contributed by atoms with Gasteiger partial charge in [-0.15, -0.1) is 5.10 Å². The van der Waals surface area contributed by atoms with Crippen LogP contribution in [0, 0.1) is 5.92 Å². The molecule has 0 aliphatic carbocycles. The summed E-state index contributed by atoms with van der Waals surface area (Å²) in [5.41, 5.74) is 0.323. The van der Waals surface area contributed by atoms with E-state index in [1.807, 2.05) is 0 Å². The first-order chi connectivity index (χ1) is 13.5. The Kier molecular flexibility index (Phi) is 7.30. The summed E-state index contributed by atoms with van der Waals surface area (Å²) >= 11 is 9.30. The number of benzene rings is 1. The first kappa shape index (κ1) is 20.6. The molecule has 0 bridgehead atoms. The molecule has 2 amide bonds. The summed E-state index contributed by atoms with van der Waals surface area (Å²) in [6.45, 7) is 2.59. The summed E-state index contributed by atoms with van der Waals surface area (Å²) in [4.78, 5) is 24.3. The molecule has 0 atom stereocenters. The fourth-order valence-corrected chi connectivity index (χ4v) is 3.54. The Morgan fingerprint density at radius 3 is 2.79 bits per heavy atom. The second-order valence-electron chi connectivity index (χ2n) is 6.45. The summed E-state index contributed by atoms with van der Waals surface area (Å²) in [6.07, 6.45) is 2.56. The molecule has 0 spiro atoms. The zero-order valence-electron chi connectivity index (χ0n) is 15.1. The quantitative estimate of drug-likeness (QED) is 0.516. The van der Waals surface area contributed by atoms with Crippen LogP contribution in [0.25, 0.3) is 0 Å². The number of nitrogens with zero attached hydrogens (tertiary/aromatic N) is 1. The molecule has 28 heavy (non-hydrogen) atoms. The van der Waals surface area contributed by atoms with Gasteiger partial charge in [0.05, 0.1) is 10.6 Å². The number of aromatic nitrogens is 2. The Morgan fingerprint density at radius 2 is 2.04 bits per heavy atom. The van der Waals surface area contributed by atoms with Gasteiger partial charge in [-0.25, -0.2) is 4.79 Å². The number of hydrogen-bond donors (Lipinski definition) is 4. The number of aromatic amines is 1. The number of amides is 2. The van der Waals surface area contributed by atoms with Crippen LogP contribution in [0.3, 0.4) is 0 Å². The number of nitrogens with one attached hydrogen (secondary N) is 4. The third-order valence-electron chi connectivity index (χ3n) is 4.50. The number of carbonyl (C=O) groups is 2. The highest BCUT2D eigenvalue weighted by Crippen LogP contribution is 2.30. The van der Waals surface area contributed by atoms with Crippen LogP contribution in [-0.4, -0.2) is 41.8 Å². The normalized spacial score (nSPS) is 14.5. The van der Waals surface area contributed by atoms with E-state index in [1.54, 1.807) is 24.3 Å². The number of ether oxygens (including phenoxy) is 1. The van der Waals surface area contributed by atoms with E-state index in [4.69, 9.17) is 16.3 Å². The van der Waals surface area contributed by atoms with Crippen LogP contribution in [-0.2, 0) is 0 Å². The number of H-pyrrole nitrogens is 1. The van der Waals surface area contributed by atoms with E-state index in [1.165, 1.54) is 0 Å². The van der Waals surface area contributed by atoms with E-state index in [0.717, 1.165) is 32.4 Å². The van der Waals surface area contributed by atoms with Gasteiger partial charge < -0.3 is 20.7 Å². The summed E-state index contributed by atoms with van der Waals surface area (Å²) in [5.74, 6) is 0.509. The Balaban J connectivity index is 1.50. The number of carbonyl (C=O) groups excluding carboxylic acids is 2. The average Bonchev–Trinajstić information content (AvgIpc) is 3.02. The van der Waals surface area contributed by atoms with Crippen LogP contribution in [0.5, 0.6) is 5.88 Å². The van der Waals surface area contributed by atoms with E-state index in [-0.39, 0.29) is 11.7 Å². The monoisotopic (exact) mass is 469 g/mol. The largest absolute Gasteiger partial charge is 0.414 e. The number of halogens is 2. The third-order valence-corrected chi connectivity index (χ3v) is 5.57. The van der Waals surface area contributed by atoms with Gasteiger partial charge >= 0.3 is 6.09 Å². The molecule has 150 valence electrons. The van der Waals surface area contributed by atoms with Crippen molar-refractivity contribution in [3.63, 3.8) is 0 Å². The third kappa shape index (κ3) is 5.46. The van der Waals surface area contributed by atoms with Crippen molar-refractivity contribution in [1.29, 1.82) is 0 Å².